The fourth-order valence-electron chi connectivity index (χ4n) is 1.16. The topological polar surface area (TPSA) is 76.7 Å². The average molecular weight is 272 g/mol. The summed E-state index contributed by atoms with van der Waals surface area (Å²) >= 11 is 7.29. The molecule has 0 bridgehead atoms. The van der Waals surface area contributed by atoms with Crippen molar-refractivity contribution in [2.45, 2.75) is 18.6 Å². The highest BCUT2D eigenvalue weighted by Crippen LogP contribution is 2.17. The molecule has 8 heteroatoms. The van der Waals surface area contributed by atoms with Crippen LogP contribution in [0.5, 0.6) is 0 Å². The van der Waals surface area contributed by atoms with Crippen molar-refractivity contribution >= 4 is 29.2 Å². The minimum absolute atomic E-state index is 0.399. The maximum atomic E-state index is 5.86. The summed E-state index contributed by atoms with van der Waals surface area (Å²) in [6.07, 6.45) is 1.89. The highest BCUT2D eigenvalue weighted by atomic mass is 35.5. The second kappa shape index (κ2) is 5.33. The van der Waals surface area contributed by atoms with Crippen LogP contribution < -0.4 is 5.32 Å². The van der Waals surface area contributed by atoms with Gasteiger partial charge in [0.25, 0.3) is 0 Å². The maximum absolute atomic E-state index is 5.86. The van der Waals surface area contributed by atoms with Gasteiger partial charge in [-0.3, -0.25) is 0 Å². The van der Waals surface area contributed by atoms with Crippen LogP contribution in [-0.2, 0) is 6.54 Å². The second-order valence-corrected chi connectivity index (χ2v) is 4.31. The van der Waals surface area contributed by atoms with Gasteiger partial charge >= 0.3 is 0 Å². The Balaban J connectivity index is 2.05. The van der Waals surface area contributed by atoms with Gasteiger partial charge in [0, 0.05) is 13.0 Å². The normalized spacial score (nSPS) is 10.5. The van der Waals surface area contributed by atoms with Crippen molar-refractivity contribution in [3.05, 3.63) is 22.9 Å². The van der Waals surface area contributed by atoms with Crippen molar-refractivity contribution in [2.24, 2.45) is 0 Å². The minimum Gasteiger partial charge on any atom is -0.362 e. The largest absolute Gasteiger partial charge is 0.362 e. The Hall–Kier alpha value is -1.34. The van der Waals surface area contributed by atoms with E-state index in [2.05, 4.69) is 25.4 Å². The van der Waals surface area contributed by atoms with Crippen molar-refractivity contribution in [3.63, 3.8) is 0 Å². The first kappa shape index (κ1) is 12.1. The van der Waals surface area contributed by atoms with Gasteiger partial charge in [-0.25, -0.2) is 9.97 Å². The third-order valence-corrected chi connectivity index (χ3v) is 2.60. The second-order valence-electron chi connectivity index (χ2n) is 3.15. The summed E-state index contributed by atoms with van der Waals surface area (Å²) in [6.45, 7) is 2.17. The summed E-state index contributed by atoms with van der Waals surface area (Å²) in [6, 6.07) is 1.65. The van der Waals surface area contributed by atoms with Crippen molar-refractivity contribution in [2.75, 3.05) is 11.6 Å². The maximum Gasteiger partial charge on any atom is 0.223 e. The predicted octanol–water partition coefficient (Wildman–Crippen LogP) is 2.16. The molecule has 0 saturated heterocycles. The van der Waals surface area contributed by atoms with E-state index >= 15 is 0 Å². The summed E-state index contributed by atoms with van der Waals surface area (Å²) < 4.78 is 4.86. The Morgan fingerprint density at radius 1 is 1.41 bits per heavy atom. The fourth-order valence-corrected chi connectivity index (χ4v) is 1.77. The minimum atomic E-state index is 0.399. The van der Waals surface area contributed by atoms with Gasteiger partial charge in [-0.15, -0.1) is 0 Å². The average Bonchev–Trinajstić information content (AvgIpc) is 2.72. The van der Waals surface area contributed by atoms with E-state index in [0.29, 0.717) is 34.4 Å². The molecule has 1 N–H and O–H groups in total. The van der Waals surface area contributed by atoms with Gasteiger partial charge in [-0.1, -0.05) is 28.5 Å². The molecule has 0 aliphatic heterocycles. The molecule has 2 aromatic heterocycles. The zero-order valence-corrected chi connectivity index (χ0v) is 10.8. The molecule has 2 heterocycles. The van der Waals surface area contributed by atoms with Gasteiger partial charge in [0.15, 0.2) is 11.0 Å². The molecule has 0 fully saturated rings. The molecule has 0 aliphatic carbocycles. The zero-order valence-electron chi connectivity index (χ0n) is 9.27. The van der Waals surface area contributed by atoms with E-state index in [1.807, 2.05) is 6.26 Å². The number of anilines is 1. The number of rotatable bonds is 4. The fraction of sp³-hybridized carbons (Fsp3) is 0.333. The lowest BCUT2D eigenvalue weighted by Crippen LogP contribution is -2.04. The summed E-state index contributed by atoms with van der Waals surface area (Å²) in [5.74, 6) is 1.74. The third-order valence-electron chi connectivity index (χ3n) is 1.85. The van der Waals surface area contributed by atoms with E-state index in [1.165, 1.54) is 11.8 Å². The molecule has 2 aromatic rings. The molecule has 0 aromatic carbocycles. The first-order valence-electron chi connectivity index (χ1n) is 4.79. The van der Waals surface area contributed by atoms with Gasteiger partial charge in [0.1, 0.15) is 11.0 Å². The monoisotopic (exact) mass is 271 g/mol. The van der Waals surface area contributed by atoms with Crippen LogP contribution in [-0.4, -0.2) is 26.4 Å². The Kier molecular flexibility index (Phi) is 3.80. The highest BCUT2D eigenvalue weighted by molar-refractivity contribution is 7.98. The Morgan fingerprint density at radius 3 is 2.88 bits per heavy atom. The number of hydrogen-bond donors (Lipinski definition) is 1. The van der Waals surface area contributed by atoms with Crippen LogP contribution in [0.25, 0.3) is 0 Å². The molecule has 0 aliphatic rings. The number of nitrogens with one attached hydrogen (secondary N) is 1. The quantitative estimate of drug-likeness (QED) is 0.519. The summed E-state index contributed by atoms with van der Waals surface area (Å²) in [7, 11) is 0. The van der Waals surface area contributed by atoms with E-state index in [1.54, 1.807) is 13.0 Å². The molecule has 0 atom stereocenters. The Bertz CT molecular complexity index is 518. The molecule has 2 rings (SSSR count). The number of aromatic nitrogens is 4. The molecule has 0 unspecified atom stereocenters. The van der Waals surface area contributed by atoms with Crippen LogP contribution >= 0.6 is 23.4 Å². The Labute approximate surface area is 107 Å². The molecule has 0 spiro atoms. The first-order chi connectivity index (χ1) is 8.17. The van der Waals surface area contributed by atoms with Crippen LogP contribution in [0.4, 0.5) is 5.82 Å². The molecular weight excluding hydrogens is 262 g/mol. The number of halogens is 1. The van der Waals surface area contributed by atoms with Crippen LogP contribution in [0.3, 0.4) is 0 Å². The van der Waals surface area contributed by atoms with Gasteiger partial charge in [-0.2, -0.15) is 4.98 Å². The summed E-state index contributed by atoms with van der Waals surface area (Å²) in [5, 5.41) is 7.84. The van der Waals surface area contributed by atoms with Gasteiger partial charge in [-0.05, 0) is 6.26 Å². The molecule has 17 heavy (non-hydrogen) atoms. The zero-order chi connectivity index (χ0) is 12.3. The number of aryl methyl sites for hydroxylation is 1. The van der Waals surface area contributed by atoms with Crippen LogP contribution in [0.2, 0.25) is 5.15 Å². The standard InChI is InChI=1S/C9H10ClN5OS/c1-5-12-8(15-16-5)4-11-7-3-6(10)13-9(14-7)17-2/h3H,4H2,1-2H3,(H,11,13,14). The lowest BCUT2D eigenvalue weighted by Gasteiger charge is -2.04. The molecule has 0 radical (unpaired) electrons. The third kappa shape index (κ3) is 3.31. The van der Waals surface area contributed by atoms with E-state index in [4.69, 9.17) is 16.1 Å². The molecule has 0 saturated carbocycles. The van der Waals surface area contributed by atoms with Gasteiger partial charge < -0.3 is 9.84 Å². The van der Waals surface area contributed by atoms with Gasteiger partial charge in [0.05, 0.1) is 6.54 Å². The van der Waals surface area contributed by atoms with Crippen LogP contribution in [0, 0.1) is 6.92 Å². The summed E-state index contributed by atoms with van der Waals surface area (Å²) in [5.41, 5.74) is 0. The lowest BCUT2D eigenvalue weighted by molar-refractivity contribution is 0.388. The Morgan fingerprint density at radius 2 is 2.24 bits per heavy atom. The highest BCUT2D eigenvalue weighted by Gasteiger charge is 2.05. The lowest BCUT2D eigenvalue weighted by atomic mass is 10.5. The van der Waals surface area contributed by atoms with E-state index < -0.39 is 0 Å². The van der Waals surface area contributed by atoms with Crippen LogP contribution in [0.15, 0.2) is 15.7 Å². The van der Waals surface area contributed by atoms with Crippen molar-refractivity contribution < 1.29 is 4.52 Å². The molecule has 90 valence electrons. The summed E-state index contributed by atoms with van der Waals surface area (Å²) in [4.78, 5) is 12.4. The van der Waals surface area contributed by atoms with Gasteiger partial charge in [0.2, 0.25) is 5.89 Å². The number of hydrogen-bond acceptors (Lipinski definition) is 7. The van der Waals surface area contributed by atoms with E-state index in [-0.39, 0.29) is 0 Å². The first-order valence-corrected chi connectivity index (χ1v) is 6.39. The van der Waals surface area contributed by atoms with E-state index in [9.17, 15) is 0 Å². The number of thioether (sulfide) groups is 1. The SMILES string of the molecule is CSc1nc(Cl)cc(NCc2noc(C)n2)n1. The predicted molar refractivity (Wildman–Crippen MR) is 65.2 cm³/mol. The smallest absolute Gasteiger partial charge is 0.223 e. The van der Waals surface area contributed by atoms with Crippen LogP contribution in [0.1, 0.15) is 11.7 Å². The van der Waals surface area contributed by atoms with Crippen molar-refractivity contribution in [3.8, 4) is 0 Å². The van der Waals surface area contributed by atoms with Crippen molar-refractivity contribution in [1.29, 1.82) is 0 Å². The molecule has 6 nitrogen and oxygen atoms in total. The molecule has 0 amide bonds. The number of nitrogens with zero attached hydrogens (tertiary/aromatic N) is 4. The molecular formula is C9H10ClN5OS. The van der Waals surface area contributed by atoms with Crippen molar-refractivity contribution in [1.82, 2.24) is 20.1 Å². The van der Waals surface area contributed by atoms with E-state index in [0.717, 1.165) is 0 Å².